The van der Waals surface area contributed by atoms with E-state index in [0.717, 1.165) is 16.9 Å². The van der Waals surface area contributed by atoms with Gasteiger partial charge in [0.05, 0.1) is 34.6 Å². The Labute approximate surface area is 196 Å². The van der Waals surface area contributed by atoms with Crippen molar-refractivity contribution in [2.24, 2.45) is 4.99 Å². The predicted octanol–water partition coefficient (Wildman–Crippen LogP) is 3.59. The number of rotatable bonds is 6. The van der Waals surface area contributed by atoms with Crippen LogP contribution in [0.1, 0.15) is 44.9 Å². The van der Waals surface area contributed by atoms with Gasteiger partial charge in [-0.2, -0.15) is 0 Å². The van der Waals surface area contributed by atoms with Crippen molar-refractivity contribution in [2.45, 2.75) is 39.8 Å². The minimum atomic E-state index is -0.592. The summed E-state index contributed by atoms with van der Waals surface area (Å²) in [5.74, 6) is 0.324. The Bertz CT molecular complexity index is 1370. The smallest absolute Gasteiger partial charge is 0.338 e. The summed E-state index contributed by atoms with van der Waals surface area (Å²) >= 11 is 1.31. The molecule has 1 unspecified atom stereocenters. The van der Waals surface area contributed by atoms with Gasteiger partial charge in [0.25, 0.3) is 5.56 Å². The molecule has 0 aliphatic carbocycles. The van der Waals surface area contributed by atoms with Crippen LogP contribution in [0.15, 0.2) is 75.7 Å². The normalized spacial score (nSPS) is 15.9. The van der Waals surface area contributed by atoms with Crippen LogP contribution in [0, 0.1) is 0 Å². The number of allylic oxidation sites excluding steroid dienone is 1. The fourth-order valence-electron chi connectivity index (χ4n) is 3.81. The number of esters is 1. The van der Waals surface area contributed by atoms with Crippen molar-refractivity contribution in [3.05, 3.63) is 96.7 Å². The van der Waals surface area contributed by atoms with E-state index >= 15 is 0 Å². The van der Waals surface area contributed by atoms with E-state index in [4.69, 9.17) is 9.47 Å². The van der Waals surface area contributed by atoms with Crippen molar-refractivity contribution in [3.63, 3.8) is 0 Å². The third-order valence-corrected chi connectivity index (χ3v) is 6.16. The Morgan fingerprint density at radius 2 is 1.85 bits per heavy atom. The van der Waals surface area contributed by atoms with Gasteiger partial charge in [-0.1, -0.05) is 53.8 Å². The lowest BCUT2D eigenvalue weighted by atomic mass is 9.96. The molecule has 0 bridgehead atoms. The van der Waals surface area contributed by atoms with E-state index in [1.165, 1.54) is 11.3 Å². The van der Waals surface area contributed by atoms with Crippen LogP contribution in [0.3, 0.4) is 0 Å². The zero-order valence-corrected chi connectivity index (χ0v) is 19.9. The van der Waals surface area contributed by atoms with E-state index in [2.05, 4.69) is 4.99 Å². The second-order valence-corrected chi connectivity index (χ2v) is 8.96. The highest BCUT2D eigenvalue weighted by Crippen LogP contribution is 2.30. The minimum absolute atomic E-state index is 0.0920. The molecule has 33 heavy (non-hydrogen) atoms. The molecule has 1 aliphatic heterocycles. The maximum absolute atomic E-state index is 13.5. The number of benzene rings is 2. The van der Waals surface area contributed by atoms with E-state index in [1.807, 2.05) is 74.5 Å². The van der Waals surface area contributed by atoms with Gasteiger partial charge in [0.2, 0.25) is 0 Å². The van der Waals surface area contributed by atoms with Crippen molar-refractivity contribution in [1.29, 1.82) is 0 Å². The van der Waals surface area contributed by atoms with Gasteiger partial charge in [-0.15, -0.1) is 0 Å². The van der Waals surface area contributed by atoms with Crippen molar-refractivity contribution >= 4 is 23.4 Å². The molecule has 4 rings (SSSR count). The average molecular weight is 463 g/mol. The van der Waals surface area contributed by atoms with Gasteiger partial charge in [0.15, 0.2) is 4.80 Å². The number of nitrogens with zero attached hydrogens (tertiary/aromatic N) is 2. The number of fused-ring (bicyclic) bond motifs is 1. The first-order valence-electron chi connectivity index (χ1n) is 10.9. The predicted molar refractivity (Wildman–Crippen MR) is 129 cm³/mol. The molecule has 1 atom stereocenters. The molecule has 3 aromatic rings. The molecule has 1 aromatic heterocycles. The van der Waals surface area contributed by atoms with Gasteiger partial charge < -0.3 is 9.47 Å². The molecule has 6 nitrogen and oxygen atoms in total. The first kappa shape index (κ1) is 22.7. The quantitative estimate of drug-likeness (QED) is 0.525. The highest BCUT2D eigenvalue weighted by atomic mass is 32.1. The second-order valence-electron chi connectivity index (χ2n) is 7.95. The number of hydrogen-bond acceptors (Lipinski definition) is 6. The summed E-state index contributed by atoms with van der Waals surface area (Å²) in [6, 6.07) is 16.5. The lowest BCUT2D eigenvalue weighted by Crippen LogP contribution is -2.39. The van der Waals surface area contributed by atoms with Crippen LogP contribution in [0.5, 0.6) is 5.75 Å². The Morgan fingerprint density at radius 3 is 2.48 bits per heavy atom. The number of ether oxygens (including phenoxy) is 2. The van der Waals surface area contributed by atoms with Gasteiger partial charge in [0.1, 0.15) is 5.75 Å². The first-order valence-corrected chi connectivity index (χ1v) is 11.7. The summed E-state index contributed by atoms with van der Waals surface area (Å²) in [4.78, 5) is 31.5. The standard InChI is InChI=1S/C26H26N2O4S/c1-5-31-25(30)22-17(4)27-26-28(23(22)19-9-7-6-8-10-19)24(29)21(33-26)15-18-11-13-20(14-12-18)32-16(2)3/h6-16,23H,5H2,1-4H3/b21-15-. The zero-order valence-electron chi connectivity index (χ0n) is 19.1. The van der Waals surface area contributed by atoms with Crippen molar-refractivity contribution in [3.8, 4) is 5.75 Å². The third-order valence-electron chi connectivity index (χ3n) is 5.18. The molecule has 0 radical (unpaired) electrons. The number of aromatic nitrogens is 1. The average Bonchev–Trinajstić information content (AvgIpc) is 3.09. The Balaban J connectivity index is 1.84. The third kappa shape index (κ3) is 4.68. The van der Waals surface area contributed by atoms with Gasteiger partial charge in [-0.3, -0.25) is 9.36 Å². The van der Waals surface area contributed by atoms with E-state index < -0.39 is 12.0 Å². The summed E-state index contributed by atoms with van der Waals surface area (Å²) in [6.45, 7) is 7.75. The van der Waals surface area contributed by atoms with Crippen molar-refractivity contribution in [2.75, 3.05) is 6.61 Å². The Morgan fingerprint density at radius 1 is 1.15 bits per heavy atom. The largest absolute Gasteiger partial charge is 0.491 e. The molecular weight excluding hydrogens is 436 g/mol. The molecule has 0 spiro atoms. The van der Waals surface area contributed by atoms with E-state index in [0.29, 0.717) is 20.6 Å². The van der Waals surface area contributed by atoms with Crippen LogP contribution in [-0.2, 0) is 9.53 Å². The summed E-state index contributed by atoms with van der Waals surface area (Å²) in [5, 5.41) is 0. The summed E-state index contributed by atoms with van der Waals surface area (Å²) in [7, 11) is 0. The van der Waals surface area contributed by atoms with Gasteiger partial charge in [-0.05, 0) is 57.0 Å². The van der Waals surface area contributed by atoms with Crippen LogP contribution >= 0.6 is 11.3 Å². The van der Waals surface area contributed by atoms with Crippen LogP contribution in [0.4, 0.5) is 0 Å². The monoisotopic (exact) mass is 462 g/mol. The molecule has 0 saturated carbocycles. The zero-order chi connectivity index (χ0) is 23.5. The lowest BCUT2D eigenvalue weighted by Gasteiger charge is -2.24. The van der Waals surface area contributed by atoms with Gasteiger partial charge in [0, 0.05) is 0 Å². The molecule has 170 valence electrons. The molecule has 1 aliphatic rings. The maximum atomic E-state index is 13.5. The molecule has 2 aromatic carbocycles. The topological polar surface area (TPSA) is 69.9 Å². The molecule has 7 heteroatoms. The Hall–Kier alpha value is -3.45. The molecule has 2 heterocycles. The SMILES string of the molecule is CCOC(=O)C1=C(C)N=c2s/c(=C\c3ccc(OC(C)C)cc3)c(=O)n2C1c1ccccc1. The molecule has 0 amide bonds. The number of hydrogen-bond donors (Lipinski definition) is 0. The van der Waals surface area contributed by atoms with E-state index in [1.54, 1.807) is 18.4 Å². The van der Waals surface area contributed by atoms with Gasteiger partial charge in [-0.25, -0.2) is 9.79 Å². The maximum Gasteiger partial charge on any atom is 0.338 e. The van der Waals surface area contributed by atoms with Crippen molar-refractivity contribution < 1.29 is 14.3 Å². The highest BCUT2D eigenvalue weighted by molar-refractivity contribution is 7.07. The number of carbonyl (C=O) groups excluding carboxylic acids is 1. The molecule has 0 saturated heterocycles. The lowest BCUT2D eigenvalue weighted by molar-refractivity contribution is -0.139. The highest BCUT2D eigenvalue weighted by Gasteiger charge is 2.33. The fourth-order valence-corrected chi connectivity index (χ4v) is 4.86. The summed E-state index contributed by atoms with van der Waals surface area (Å²) in [5.41, 5.74) is 2.47. The van der Waals surface area contributed by atoms with E-state index in [9.17, 15) is 9.59 Å². The molecule has 0 N–H and O–H groups in total. The minimum Gasteiger partial charge on any atom is -0.491 e. The van der Waals surface area contributed by atoms with Crippen LogP contribution in [0.2, 0.25) is 0 Å². The summed E-state index contributed by atoms with van der Waals surface area (Å²) in [6.07, 6.45) is 1.93. The van der Waals surface area contributed by atoms with Crippen LogP contribution in [-0.4, -0.2) is 23.2 Å². The fraction of sp³-hybridized carbons (Fsp3) is 0.269. The van der Waals surface area contributed by atoms with Crippen molar-refractivity contribution in [1.82, 2.24) is 4.57 Å². The summed E-state index contributed by atoms with van der Waals surface area (Å²) < 4.78 is 13.2. The molecular formula is C26H26N2O4S. The molecule has 0 fully saturated rings. The first-order chi connectivity index (χ1) is 15.9. The van der Waals surface area contributed by atoms with Gasteiger partial charge >= 0.3 is 5.97 Å². The Kier molecular flexibility index (Phi) is 6.60. The van der Waals surface area contributed by atoms with Crippen LogP contribution in [0.25, 0.3) is 6.08 Å². The second kappa shape index (κ2) is 9.58. The van der Waals surface area contributed by atoms with Crippen LogP contribution < -0.4 is 19.6 Å². The number of thiazole rings is 1. The van der Waals surface area contributed by atoms with E-state index in [-0.39, 0.29) is 18.3 Å². The number of carbonyl (C=O) groups is 1.